The molecule has 1 aliphatic rings. The van der Waals surface area contributed by atoms with Crippen molar-refractivity contribution < 1.29 is 13.9 Å². The summed E-state index contributed by atoms with van der Waals surface area (Å²) in [4.78, 5) is 0. The Kier molecular flexibility index (Phi) is 4.23. The monoisotopic (exact) mass is 314 g/mol. The van der Waals surface area contributed by atoms with Crippen molar-refractivity contribution in [2.45, 2.75) is 18.9 Å². The SMILES string of the molecule is COc1ccc(-c2ccc(OC3CC(=C=S)C3)cc2)cc1F. The van der Waals surface area contributed by atoms with Gasteiger partial charge in [-0.05, 0) is 58.2 Å². The molecule has 1 saturated carbocycles. The van der Waals surface area contributed by atoms with Crippen molar-refractivity contribution in [1.29, 1.82) is 0 Å². The van der Waals surface area contributed by atoms with Crippen LogP contribution in [0.15, 0.2) is 48.0 Å². The fourth-order valence-electron chi connectivity index (χ4n) is 2.42. The third kappa shape index (κ3) is 3.03. The third-order valence-electron chi connectivity index (χ3n) is 3.73. The highest BCUT2D eigenvalue weighted by Gasteiger charge is 2.24. The number of hydrogen-bond acceptors (Lipinski definition) is 3. The minimum Gasteiger partial charge on any atom is -0.494 e. The van der Waals surface area contributed by atoms with E-state index in [9.17, 15) is 4.39 Å². The predicted octanol–water partition coefficient (Wildman–Crippen LogP) is 4.57. The van der Waals surface area contributed by atoms with Gasteiger partial charge in [-0.15, -0.1) is 0 Å². The van der Waals surface area contributed by atoms with E-state index in [4.69, 9.17) is 21.7 Å². The lowest BCUT2D eigenvalue weighted by atomic mass is 9.90. The molecule has 1 aliphatic carbocycles. The summed E-state index contributed by atoms with van der Waals surface area (Å²) in [6.45, 7) is 0. The lowest BCUT2D eigenvalue weighted by molar-refractivity contribution is 0.164. The Morgan fingerprint density at radius 1 is 1.09 bits per heavy atom. The molecule has 2 nitrogen and oxygen atoms in total. The highest BCUT2D eigenvalue weighted by Crippen LogP contribution is 2.31. The van der Waals surface area contributed by atoms with E-state index in [1.165, 1.54) is 13.2 Å². The van der Waals surface area contributed by atoms with E-state index < -0.39 is 0 Å². The largest absolute Gasteiger partial charge is 0.494 e. The Hall–Kier alpha value is -2.16. The van der Waals surface area contributed by atoms with Crippen LogP contribution in [0.2, 0.25) is 0 Å². The Morgan fingerprint density at radius 3 is 2.36 bits per heavy atom. The van der Waals surface area contributed by atoms with E-state index in [0.29, 0.717) is 0 Å². The summed E-state index contributed by atoms with van der Waals surface area (Å²) in [5, 5.41) is 2.74. The number of ether oxygens (including phenoxy) is 2. The normalized spacial score (nSPS) is 16.6. The molecule has 0 aliphatic heterocycles. The molecule has 1 fully saturated rings. The minimum atomic E-state index is -0.366. The zero-order valence-electron chi connectivity index (χ0n) is 12.1. The number of halogens is 1. The average Bonchev–Trinajstić information content (AvgIpc) is 2.51. The molecular weight excluding hydrogens is 299 g/mol. The van der Waals surface area contributed by atoms with Crippen LogP contribution in [0.4, 0.5) is 4.39 Å². The molecular formula is C18H15FO2S. The van der Waals surface area contributed by atoms with Gasteiger partial charge in [-0.25, -0.2) is 4.39 Å². The summed E-state index contributed by atoms with van der Waals surface area (Å²) >= 11 is 4.76. The number of hydrogen-bond donors (Lipinski definition) is 0. The van der Waals surface area contributed by atoms with Crippen LogP contribution in [-0.4, -0.2) is 18.2 Å². The summed E-state index contributed by atoms with van der Waals surface area (Å²) in [5.41, 5.74) is 2.88. The maximum Gasteiger partial charge on any atom is 0.165 e. The quantitative estimate of drug-likeness (QED) is 0.770. The highest BCUT2D eigenvalue weighted by molar-refractivity contribution is 7.78. The Labute approximate surface area is 134 Å². The zero-order valence-corrected chi connectivity index (χ0v) is 13.0. The molecule has 112 valence electrons. The molecule has 0 unspecified atom stereocenters. The number of benzene rings is 2. The van der Waals surface area contributed by atoms with E-state index in [0.717, 1.165) is 35.3 Å². The van der Waals surface area contributed by atoms with Crippen molar-refractivity contribution in [2.75, 3.05) is 7.11 Å². The molecule has 4 heteroatoms. The topological polar surface area (TPSA) is 18.5 Å². The lowest BCUT2D eigenvalue weighted by Gasteiger charge is -2.28. The Bertz CT molecular complexity index is 725. The van der Waals surface area contributed by atoms with Gasteiger partial charge < -0.3 is 9.47 Å². The molecule has 0 bridgehead atoms. The summed E-state index contributed by atoms with van der Waals surface area (Å²) in [6, 6.07) is 12.6. The van der Waals surface area contributed by atoms with E-state index in [1.807, 2.05) is 30.3 Å². The average molecular weight is 314 g/mol. The van der Waals surface area contributed by atoms with Crippen LogP contribution < -0.4 is 9.47 Å². The van der Waals surface area contributed by atoms with Crippen molar-refractivity contribution in [2.24, 2.45) is 0 Å². The number of thiocarbonyl (C=S) groups is 1. The van der Waals surface area contributed by atoms with Crippen molar-refractivity contribution in [3.63, 3.8) is 0 Å². The Balaban J connectivity index is 1.71. The van der Waals surface area contributed by atoms with Crippen molar-refractivity contribution in [1.82, 2.24) is 0 Å². The predicted molar refractivity (Wildman–Crippen MR) is 88.1 cm³/mol. The molecule has 2 aromatic rings. The third-order valence-corrected chi connectivity index (χ3v) is 4.02. The second kappa shape index (κ2) is 6.30. The molecule has 0 saturated heterocycles. The highest BCUT2D eigenvalue weighted by atomic mass is 32.1. The first-order valence-electron chi connectivity index (χ1n) is 7.03. The number of methoxy groups -OCH3 is 1. The van der Waals surface area contributed by atoms with Gasteiger partial charge in [0.05, 0.1) is 7.11 Å². The van der Waals surface area contributed by atoms with Crippen molar-refractivity contribution in [3.8, 4) is 22.6 Å². The van der Waals surface area contributed by atoms with E-state index >= 15 is 0 Å². The van der Waals surface area contributed by atoms with Gasteiger partial charge in [0.25, 0.3) is 0 Å². The standard InChI is InChI=1S/C18H15FO2S/c1-20-18-7-4-14(10-17(18)19)13-2-5-15(6-3-13)21-16-8-12(9-16)11-22/h2-7,10,16H,8-9H2,1H3. The fourth-order valence-corrected chi connectivity index (χ4v) is 2.59. The van der Waals surface area contributed by atoms with Crippen molar-refractivity contribution in [3.05, 3.63) is 53.9 Å². The van der Waals surface area contributed by atoms with Gasteiger partial charge in [0, 0.05) is 12.8 Å². The van der Waals surface area contributed by atoms with E-state index in [1.54, 1.807) is 6.07 Å². The molecule has 0 N–H and O–H groups in total. The first kappa shape index (κ1) is 14.8. The molecule has 0 spiro atoms. The van der Waals surface area contributed by atoms with Crippen LogP contribution in [0.25, 0.3) is 11.1 Å². The summed E-state index contributed by atoms with van der Waals surface area (Å²) < 4.78 is 24.5. The second-order valence-corrected chi connectivity index (χ2v) is 5.43. The molecule has 0 atom stereocenters. The van der Waals surface area contributed by atoms with Gasteiger partial charge >= 0.3 is 0 Å². The van der Waals surface area contributed by atoms with E-state index in [-0.39, 0.29) is 17.7 Å². The van der Waals surface area contributed by atoms with Gasteiger partial charge in [-0.3, -0.25) is 0 Å². The maximum atomic E-state index is 13.7. The van der Waals surface area contributed by atoms with Crippen LogP contribution in [0, 0.1) is 5.82 Å². The van der Waals surface area contributed by atoms with Crippen LogP contribution in [0.3, 0.4) is 0 Å². The first-order valence-corrected chi connectivity index (χ1v) is 7.44. The first-order chi connectivity index (χ1) is 10.7. The maximum absolute atomic E-state index is 13.7. The van der Waals surface area contributed by atoms with Crippen LogP contribution in [0.1, 0.15) is 12.8 Å². The lowest BCUT2D eigenvalue weighted by Crippen LogP contribution is -2.27. The zero-order chi connectivity index (χ0) is 15.5. The van der Waals surface area contributed by atoms with Crippen LogP contribution in [-0.2, 0) is 0 Å². The summed E-state index contributed by atoms with van der Waals surface area (Å²) in [7, 11) is 1.45. The summed E-state index contributed by atoms with van der Waals surface area (Å²) in [5.74, 6) is 0.691. The Morgan fingerprint density at radius 2 is 1.77 bits per heavy atom. The molecule has 2 aromatic carbocycles. The minimum absolute atomic E-state index is 0.190. The van der Waals surface area contributed by atoms with Crippen molar-refractivity contribution >= 4 is 17.2 Å². The summed E-state index contributed by atoms with van der Waals surface area (Å²) in [6.07, 6.45) is 1.90. The second-order valence-electron chi connectivity index (χ2n) is 5.23. The van der Waals surface area contributed by atoms with Gasteiger partial charge in [-0.1, -0.05) is 18.2 Å². The van der Waals surface area contributed by atoms with Gasteiger partial charge in [-0.2, -0.15) is 0 Å². The van der Waals surface area contributed by atoms with Gasteiger partial charge in [0.15, 0.2) is 11.6 Å². The van der Waals surface area contributed by atoms with Gasteiger partial charge in [0.1, 0.15) is 11.9 Å². The molecule has 0 heterocycles. The molecule has 3 rings (SSSR count). The molecule has 0 radical (unpaired) electrons. The molecule has 0 aromatic heterocycles. The number of rotatable bonds is 4. The van der Waals surface area contributed by atoms with Crippen LogP contribution in [0.5, 0.6) is 11.5 Å². The van der Waals surface area contributed by atoms with E-state index in [2.05, 4.69) is 5.02 Å². The fraction of sp³-hybridized carbons (Fsp3) is 0.222. The molecule has 0 amide bonds. The smallest absolute Gasteiger partial charge is 0.165 e. The molecule has 22 heavy (non-hydrogen) atoms. The van der Waals surface area contributed by atoms with Crippen LogP contribution >= 0.6 is 12.2 Å². The van der Waals surface area contributed by atoms with Gasteiger partial charge in [0.2, 0.25) is 0 Å².